The molecule has 0 saturated carbocycles. The van der Waals surface area contributed by atoms with Gasteiger partial charge in [-0.05, 0) is 36.8 Å². The van der Waals surface area contributed by atoms with E-state index in [0.717, 1.165) is 10.9 Å². The Hall–Kier alpha value is -2.77. The third kappa shape index (κ3) is 2.92. The molecular formula is C18H13ClN2O2. The summed E-state index contributed by atoms with van der Waals surface area (Å²) >= 11 is 5.90. The van der Waals surface area contributed by atoms with Crippen molar-refractivity contribution in [2.45, 2.75) is 6.92 Å². The first-order valence-electron chi connectivity index (χ1n) is 7.02. The molecule has 0 atom stereocenters. The smallest absolute Gasteiger partial charge is 0.269 e. The highest BCUT2D eigenvalue weighted by Gasteiger charge is 2.14. The topological polar surface area (TPSA) is 55.0 Å². The predicted octanol–water partition coefficient (Wildman–Crippen LogP) is 4.19. The van der Waals surface area contributed by atoms with E-state index in [4.69, 9.17) is 16.3 Å². The molecule has 0 aliphatic heterocycles. The largest absolute Gasteiger partial charge is 0.483 e. The van der Waals surface area contributed by atoms with Gasteiger partial charge in [0.05, 0.1) is 11.1 Å². The number of carbonyl (C=O) groups is 1. The zero-order chi connectivity index (χ0) is 16.4. The Bertz CT molecular complexity index is 938. The molecule has 0 amide bonds. The standard InChI is InChI=1S/C18H13ClN2O2/c1-12-8-14(19)6-7-17(12)23-11-18(22)21-10-13(9-20)15-4-2-3-5-16(15)21/h2-8,10H,11H2,1H3. The van der Waals surface area contributed by atoms with Crippen LogP contribution in [0.1, 0.15) is 15.9 Å². The lowest BCUT2D eigenvalue weighted by Gasteiger charge is -2.09. The van der Waals surface area contributed by atoms with Gasteiger partial charge in [-0.15, -0.1) is 0 Å². The summed E-state index contributed by atoms with van der Waals surface area (Å²) in [5, 5.41) is 10.6. The molecule has 0 spiro atoms. The van der Waals surface area contributed by atoms with Gasteiger partial charge in [0.2, 0.25) is 0 Å². The molecule has 4 nitrogen and oxygen atoms in total. The van der Waals surface area contributed by atoms with Gasteiger partial charge in [-0.3, -0.25) is 9.36 Å². The number of aryl methyl sites for hydroxylation is 1. The van der Waals surface area contributed by atoms with Gasteiger partial charge in [-0.2, -0.15) is 5.26 Å². The van der Waals surface area contributed by atoms with Crippen LogP contribution < -0.4 is 4.74 Å². The minimum Gasteiger partial charge on any atom is -0.483 e. The molecule has 2 aromatic carbocycles. The van der Waals surface area contributed by atoms with E-state index in [1.54, 1.807) is 24.4 Å². The van der Waals surface area contributed by atoms with Gasteiger partial charge in [-0.1, -0.05) is 29.8 Å². The van der Waals surface area contributed by atoms with Crippen LogP contribution in [0, 0.1) is 18.3 Å². The summed E-state index contributed by atoms with van der Waals surface area (Å²) in [4.78, 5) is 12.4. The van der Waals surface area contributed by atoms with Gasteiger partial charge >= 0.3 is 0 Å². The summed E-state index contributed by atoms with van der Waals surface area (Å²) in [6.07, 6.45) is 1.55. The Morgan fingerprint density at radius 2 is 2.09 bits per heavy atom. The summed E-state index contributed by atoms with van der Waals surface area (Å²) in [5.41, 5.74) is 2.03. The van der Waals surface area contributed by atoms with E-state index < -0.39 is 0 Å². The fourth-order valence-corrected chi connectivity index (χ4v) is 2.69. The molecule has 0 bridgehead atoms. The number of fused-ring (bicyclic) bond motifs is 1. The van der Waals surface area contributed by atoms with Crippen LogP contribution in [-0.4, -0.2) is 17.1 Å². The summed E-state index contributed by atoms with van der Waals surface area (Å²) in [6, 6.07) is 14.6. The van der Waals surface area contributed by atoms with E-state index >= 15 is 0 Å². The van der Waals surface area contributed by atoms with Crippen molar-refractivity contribution in [1.29, 1.82) is 5.26 Å². The molecule has 1 heterocycles. The van der Waals surface area contributed by atoms with Crippen LogP contribution in [0.25, 0.3) is 10.9 Å². The lowest BCUT2D eigenvalue weighted by molar-refractivity contribution is 0.0842. The average Bonchev–Trinajstić information content (AvgIpc) is 2.93. The van der Waals surface area contributed by atoms with Crippen molar-refractivity contribution in [2.24, 2.45) is 0 Å². The first-order valence-corrected chi connectivity index (χ1v) is 7.40. The van der Waals surface area contributed by atoms with Crippen LogP contribution in [0.2, 0.25) is 5.02 Å². The molecule has 0 fully saturated rings. The molecule has 0 unspecified atom stereocenters. The number of nitrogens with zero attached hydrogens (tertiary/aromatic N) is 2. The van der Waals surface area contributed by atoms with Crippen LogP contribution in [0.15, 0.2) is 48.7 Å². The van der Waals surface area contributed by atoms with Gasteiger partial charge in [0, 0.05) is 16.6 Å². The van der Waals surface area contributed by atoms with Crippen LogP contribution in [0.4, 0.5) is 0 Å². The second-order valence-corrected chi connectivity index (χ2v) is 5.57. The maximum Gasteiger partial charge on any atom is 0.269 e. The summed E-state index contributed by atoms with van der Waals surface area (Å²) in [6.45, 7) is 1.75. The van der Waals surface area contributed by atoms with Crippen molar-refractivity contribution in [3.8, 4) is 11.8 Å². The first kappa shape index (κ1) is 15.1. The fraction of sp³-hybridized carbons (Fsp3) is 0.111. The normalized spacial score (nSPS) is 10.5. The van der Waals surface area contributed by atoms with Gasteiger partial charge in [0.15, 0.2) is 6.61 Å². The highest BCUT2D eigenvalue weighted by Crippen LogP contribution is 2.23. The second kappa shape index (κ2) is 6.15. The molecule has 0 radical (unpaired) electrons. The number of hydrogen-bond acceptors (Lipinski definition) is 3. The number of benzene rings is 2. The van der Waals surface area contributed by atoms with E-state index in [9.17, 15) is 10.1 Å². The molecular weight excluding hydrogens is 312 g/mol. The molecule has 114 valence electrons. The van der Waals surface area contributed by atoms with Crippen LogP contribution in [-0.2, 0) is 0 Å². The minimum absolute atomic E-state index is 0.119. The molecule has 0 aliphatic rings. The maximum atomic E-state index is 12.4. The van der Waals surface area contributed by atoms with Gasteiger partial charge in [-0.25, -0.2) is 0 Å². The van der Waals surface area contributed by atoms with Crippen molar-refractivity contribution >= 4 is 28.4 Å². The lowest BCUT2D eigenvalue weighted by atomic mass is 10.2. The minimum atomic E-state index is -0.239. The molecule has 0 N–H and O–H groups in total. The van der Waals surface area contributed by atoms with Crippen molar-refractivity contribution in [2.75, 3.05) is 6.61 Å². The van der Waals surface area contributed by atoms with Crippen LogP contribution in [0.3, 0.4) is 0 Å². The third-order valence-electron chi connectivity index (χ3n) is 3.59. The van der Waals surface area contributed by atoms with Gasteiger partial charge in [0.1, 0.15) is 11.8 Å². The van der Waals surface area contributed by atoms with Crippen molar-refractivity contribution in [1.82, 2.24) is 4.57 Å². The molecule has 5 heteroatoms. The van der Waals surface area contributed by atoms with E-state index in [1.165, 1.54) is 4.57 Å². The summed E-state index contributed by atoms with van der Waals surface area (Å²) in [5.74, 6) is 0.372. The van der Waals surface area contributed by atoms with Crippen molar-refractivity contribution in [3.05, 3.63) is 64.8 Å². The maximum absolute atomic E-state index is 12.4. The number of ether oxygens (including phenoxy) is 1. The molecule has 3 rings (SSSR count). The second-order valence-electron chi connectivity index (χ2n) is 5.13. The number of nitriles is 1. The number of hydrogen-bond donors (Lipinski definition) is 0. The van der Waals surface area contributed by atoms with E-state index in [2.05, 4.69) is 6.07 Å². The monoisotopic (exact) mass is 324 g/mol. The van der Waals surface area contributed by atoms with E-state index in [0.29, 0.717) is 21.9 Å². The molecule has 23 heavy (non-hydrogen) atoms. The molecule has 0 aliphatic carbocycles. The summed E-state index contributed by atoms with van der Waals surface area (Å²) < 4.78 is 7.05. The number of para-hydroxylation sites is 1. The highest BCUT2D eigenvalue weighted by molar-refractivity contribution is 6.30. The zero-order valence-electron chi connectivity index (χ0n) is 12.4. The molecule has 0 saturated heterocycles. The predicted molar refractivity (Wildman–Crippen MR) is 89.0 cm³/mol. The Morgan fingerprint density at radius 1 is 1.30 bits per heavy atom. The number of aromatic nitrogens is 1. The number of carbonyl (C=O) groups excluding carboxylic acids is 1. The molecule has 1 aromatic heterocycles. The van der Waals surface area contributed by atoms with Crippen molar-refractivity contribution < 1.29 is 9.53 Å². The summed E-state index contributed by atoms with van der Waals surface area (Å²) in [7, 11) is 0. The van der Waals surface area contributed by atoms with Crippen LogP contribution >= 0.6 is 11.6 Å². The fourth-order valence-electron chi connectivity index (χ4n) is 2.46. The molecule has 3 aromatic rings. The van der Waals surface area contributed by atoms with Gasteiger partial charge in [0.25, 0.3) is 5.91 Å². The Kier molecular flexibility index (Phi) is 4.05. The average molecular weight is 325 g/mol. The Labute approximate surface area is 138 Å². The number of rotatable bonds is 3. The third-order valence-corrected chi connectivity index (χ3v) is 3.82. The van der Waals surface area contributed by atoms with Gasteiger partial charge < -0.3 is 4.74 Å². The lowest BCUT2D eigenvalue weighted by Crippen LogP contribution is -2.18. The quantitative estimate of drug-likeness (QED) is 0.725. The first-order chi connectivity index (χ1) is 11.1. The van der Waals surface area contributed by atoms with Crippen LogP contribution in [0.5, 0.6) is 5.75 Å². The Morgan fingerprint density at radius 3 is 2.83 bits per heavy atom. The van der Waals surface area contributed by atoms with Crippen molar-refractivity contribution in [3.63, 3.8) is 0 Å². The number of halogens is 1. The Balaban J connectivity index is 1.85. The highest BCUT2D eigenvalue weighted by atomic mass is 35.5. The SMILES string of the molecule is Cc1cc(Cl)ccc1OCC(=O)n1cc(C#N)c2ccccc21. The zero-order valence-corrected chi connectivity index (χ0v) is 13.2. The van der Waals surface area contributed by atoms with E-state index in [-0.39, 0.29) is 12.5 Å². The van der Waals surface area contributed by atoms with E-state index in [1.807, 2.05) is 31.2 Å².